The minimum atomic E-state index is -1.04. The topological polar surface area (TPSA) is 76.9 Å². The Balaban J connectivity index is 2.93. The molecule has 0 saturated carbocycles. The second kappa shape index (κ2) is 3.41. The number of carboxylic acid groups (broad SMARTS) is 1. The van der Waals surface area contributed by atoms with Gasteiger partial charge in [-0.15, -0.1) is 0 Å². The third-order valence-corrected chi connectivity index (χ3v) is 2.55. The number of H-pyrrole nitrogens is 1. The molecule has 2 aromatic rings. The lowest BCUT2D eigenvalue weighted by atomic mass is 10.1. The van der Waals surface area contributed by atoms with Crippen LogP contribution in [0.25, 0.3) is 10.9 Å². The molecule has 2 N–H and O–H groups in total. The highest BCUT2D eigenvalue weighted by Gasteiger charge is 2.14. The normalized spacial score (nSPS) is 10.1. The Morgan fingerprint density at radius 3 is 2.87 bits per heavy atom. The van der Waals surface area contributed by atoms with E-state index in [1.807, 2.05) is 6.07 Å². The van der Waals surface area contributed by atoms with Crippen molar-refractivity contribution >= 4 is 32.8 Å². The zero-order chi connectivity index (χ0) is 11.0. The maximum absolute atomic E-state index is 11.0. The van der Waals surface area contributed by atoms with Crippen LogP contribution in [0.5, 0.6) is 0 Å². The average Bonchev–Trinajstić information content (AvgIpc) is 2.58. The number of aromatic amines is 1. The van der Waals surface area contributed by atoms with E-state index in [0.29, 0.717) is 20.9 Å². The summed E-state index contributed by atoms with van der Waals surface area (Å²) in [4.78, 5) is 13.8. The fraction of sp³-hybridized carbons (Fsp3) is 0. The third-order valence-electron chi connectivity index (χ3n) is 2.10. The lowest BCUT2D eigenvalue weighted by Crippen LogP contribution is -1.97. The molecule has 5 heteroatoms. The lowest BCUT2D eigenvalue weighted by molar-refractivity contribution is 0.0699. The number of hydrogen-bond donors (Lipinski definition) is 2. The predicted molar refractivity (Wildman–Crippen MR) is 57.7 cm³/mol. The van der Waals surface area contributed by atoms with Gasteiger partial charge in [-0.25, -0.2) is 4.79 Å². The number of halogens is 1. The molecule has 0 aliphatic carbocycles. The highest BCUT2D eigenvalue weighted by Crippen LogP contribution is 2.26. The van der Waals surface area contributed by atoms with Gasteiger partial charge in [0.1, 0.15) is 6.07 Å². The Labute approximate surface area is 93.3 Å². The summed E-state index contributed by atoms with van der Waals surface area (Å²) in [5.41, 5.74) is 1.10. The summed E-state index contributed by atoms with van der Waals surface area (Å²) < 4.78 is 0.665. The van der Waals surface area contributed by atoms with Crippen LogP contribution in [0.1, 0.15) is 15.9 Å². The average molecular weight is 265 g/mol. The van der Waals surface area contributed by atoms with Gasteiger partial charge >= 0.3 is 5.97 Å². The molecule has 74 valence electrons. The number of nitrogens with zero attached hydrogens (tertiary/aromatic N) is 1. The Hall–Kier alpha value is -1.80. The molecule has 4 nitrogen and oxygen atoms in total. The van der Waals surface area contributed by atoms with E-state index in [2.05, 4.69) is 20.9 Å². The molecular weight excluding hydrogens is 260 g/mol. The van der Waals surface area contributed by atoms with Crippen LogP contribution in [-0.2, 0) is 0 Å². The quantitative estimate of drug-likeness (QED) is 0.831. The third kappa shape index (κ3) is 1.49. The molecule has 0 saturated heterocycles. The molecule has 0 atom stereocenters. The van der Waals surface area contributed by atoms with E-state index in [-0.39, 0.29) is 5.56 Å². The molecule has 0 amide bonds. The number of aromatic carboxylic acids is 1. The minimum Gasteiger partial charge on any atom is -0.478 e. The van der Waals surface area contributed by atoms with Crippen LogP contribution >= 0.6 is 15.9 Å². The van der Waals surface area contributed by atoms with Crippen LogP contribution in [-0.4, -0.2) is 16.1 Å². The van der Waals surface area contributed by atoms with Crippen molar-refractivity contribution < 1.29 is 9.90 Å². The number of aromatic nitrogens is 1. The van der Waals surface area contributed by atoms with Gasteiger partial charge < -0.3 is 10.1 Å². The first kappa shape index (κ1) is 9.74. The van der Waals surface area contributed by atoms with Crippen molar-refractivity contribution in [3.63, 3.8) is 0 Å². The maximum Gasteiger partial charge on any atom is 0.336 e. The molecule has 1 aromatic heterocycles. The SMILES string of the molecule is N#Cc1c[nH]c2cc(Br)cc(C(=O)O)c12. The van der Waals surface area contributed by atoms with Gasteiger partial charge in [-0.1, -0.05) is 15.9 Å². The second-order valence-electron chi connectivity index (χ2n) is 3.00. The Bertz CT molecular complexity index is 595. The summed E-state index contributed by atoms with van der Waals surface area (Å²) in [6, 6.07) is 5.18. The van der Waals surface area contributed by atoms with Crippen molar-refractivity contribution in [2.45, 2.75) is 0 Å². The van der Waals surface area contributed by atoms with E-state index >= 15 is 0 Å². The highest BCUT2D eigenvalue weighted by molar-refractivity contribution is 9.10. The van der Waals surface area contributed by atoms with Crippen LogP contribution in [0.3, 0.4) is 0 Å². The van der Waals surface area contributed by atoms with Gasteiger partial charge in [0.25, 0.3) is 0 Å². The first-order chi connectivity index (χ1) is 7.13. The molecular formula is C10H5BrN2O2. The predicted octanol–water partition coefficient (Wildman–Crippen LogP) is 2.50. The Morgan fingerprint density at radius 1 is 1.53 bits per heavy atom. The number of fused-ring (bicyclic) bond motifs is 1. The molecule has 2 rings (SSSR count). The molecule has 0 bridgehead atoms. The van der Waals surface area contributed by atoms with Crippen molar-refractivity contribution in [2.24, 2.45) is 0 Å². The molecule has 0 aliphatic rings. The Morgan fingerprint density at radius 2 is 2.27 bits per heavy atom. The number of benzene rings is 1. The number of carboxylic acids is 1. The molecule has 15 heavy (non-hydrogen) atoms. The lowest BCUT2D eigenvalue weighted by Gasteiger charge is -1.99. The standard InChI is InChI=1S/C10H5BrN2O2/c11-6-1-7(10(14)15)9-5(3-12)4-13-8(9)2-6/h1-2,4,13H,(H,14,15). The molecule has 1 aromatic carbocycles. The van der Waals surface area contributed by atoms with Gasteiger partial charge in [-0.2, -0.15) is 5.26 Å². The molecule has 0 radical (unpaired) electrons. The number of carbonyl (C=O) groups is 1. The van der Waals surface area contributed by atoms with Gasteiger partial charge in [-0.3, -0.25) is 0 Å². The van der Waals surface area contributed by atoms with Gasteiger partial charge in [0.15, 0.2) is 0 Å². The highest BCUT2D eigenvalue weighted by atomic mass is 79.9. The van der Waals surface area contributed by atoms with Crippen molar-refractivity contribution in [2.75, 3.05) is 0 Å². The first-order valence-electron chi connectivity index (χ1n) is 4.07. The minimum absolute atomic E-state index is 0.122. The van der Waals surface area contributed by atoms with Crippen molar-refractivity contribution in [1.82, 2.24) is 4.98 Å². The van der Waals surface area contributed by atoms with E-state index in [1.54, 1.807) is 6.07 Å². The first-order valence-corrected chi connectivity index (χ1v) is 4.87. The van der Waals surface area contributed by atoms with E-state index in [1.165, 1.54) is 12.3 Å². The summed E-state index contributed by atoms with van der Waals surface area (Å²) >= 11 is 3.22. The summed E-state index contributed by atoms with van der Waals surface area (Å²) in [7, 11) is 0. The number of nitriles is 1. The smallest absolute Gasteiger partial charge is 0.336 e. The van der Waals surface area contributed by atoms with Crippen LogP contribution in [0.15, 0.2) is 22.8 Å². The largest absolute Gasteiger partial charge is 0.478 e. The van der Waals surface area contributed by atoms with E-state index in [0.717, 1.165) is 0 Å². The fourth-order valence-electron chi connectivity index (χ4n) is 1.49. The summed E-state index contributed by atoms with van der Waals surface area (Å²) in [5.74, 6) is -1.04. The summed E-state index contributed by atoms with van der Waals surface area (Å²) in [6.45, 7) is 0. The van der Waals surface area contributed by atoms with Crippen molar-refractivity contribution in [3.05, 3.63) is 33.9 Å². The zero-order valence-corrected chi connectivity index (χ0v) is 9.00. The zero-order valence-electron chi connectivity index (χ0n) is 7.41. The van der Waals surface area contributed by atoms with E-state index < -0.39 is 5.97 Å². The van der Waals surface area contributed by atoms with Crippen molar-refractivity contribution in [1.29, 1.82) is 5.26 Å². The molecule has 0 unspecified atom stereocenters. The number of nitrogens with one attached hydrogen (secondary N) is 1. The molecule has 0 fully saturated rings. The monoisotopic (exact) mass is 264 g/mol. The molecule has 1 heterocycles. The Kier molecular flexibility index (Phi) is 2.21. The second-order valence-corrected chi connectivity index (χ2v) is 3.91. The summed E-state index contributed by atoms with van der Waals surface area (Å²) in [5, 5.41) is 18.3. The molecule has 0 aliphatic heterocycles. The van der Waals surface area contributed by atoms with Crippen LogP contribution in [0.2, 0.25) is 0 Å². The van der Waals surface area contributed by atoms with Crippen LogP contribution in [0, 0.1) is 11.3 Å². The van der Waals surface area contributed by atoms with Crippen LogP contribution in [0.4, 0.5) is 0 Å². The number of rotatable bonds is 1. The van der Waals surface area contributed by atoms with Gasteiger partial charge in [0.05, 0.1) is 11.1 Å². The van der Waals surface area contributed by atoms with Gasteiger partial charge in [0, 0.05) is 21.6 Å². The fourth-order valence-corrected chi connectivity index (χ4v) is 1.95. The van der Waals surface area contributed by atoms with Crippen molar-refractivity contribution in [3.8, 4) is 6.07 Å². The maximum atomic E-state index is 11.0. The van der Waals surface area contributed by atoms with E-state index in [4.69, 9.17) is 10.4 Å². The summed E-state index contributed by atoms with van der Waals surface area (Å²) in [6.07, 6.45) is 1.50. The van der Waals surface area contributed by atoms with E-state index in [9.17, 15) is 4.79 Å². The molecule has 0 spiro atoms. The van der Waals surface area contributed by atoms with Crippen LogP contribution < -0.4 is 0 Å². The van der Waals surface area contributed by atoms with Gasteiger partial charge in [0.2, 0.25) is 0 Å². The number of hydrogen-bond acceptors (Lipinski definition) is 2. The van der Waals surface area contributed by atoms with Gasteiger partial charge in [-0.05, 0) is 12.1 Å².